The highest BCUT2D eigenvalue weighted by molar-refractivity contribution is 9.10. The van der Waals surface area contributed by atoms with E-state index in [1.54, 1.807) is 6.20 Å². The summed E-state index contributed by atoms with van der Waals surface area (Å²) in [5, 5.41) is 8.34. The lowest BCUT2D eigenvalue weighted by Gasteiger charge is -2.18. The lowest BCUT2D eigenvalue weighted by atomic mass is 10.0. The monoisotopic (exact) mass is 341 g/mol. The molecule has 0 fully saturated rings. The topological polar surface area (TPSA) is 29.9 Å². The number of benzene rings is 1. The summed E-state index contributed by atoms with van der Waals surface area (Å²) < 4.78 is 3.04. The molecule has 1 N–H and O–H groups in total. The minimum absolute atomic E-state index is 0.157. The number of nitrogens with one attached hydrogen (secondary N) is 1. The summed E-state index contributed by atoms with van der Waals surface area (Å²) in [6.07, 6.45) is 2.59. The Morgan fingerprint density at radius 2 is 2.26 bits per heavy atom. The highest BCUT2D eigenvalue weighted by Gasteiger charge is 2.18. The fourth-order valence-electron chi connectivity index (χ4n) is 2.21. The molecule has 0 amide bonds. The molecule has 3 nitrogen and oxygen atoms in total. The summed E-state index contributed by atoms with van der Waals surface area (Å²) in [5.74, 6) is 0. The van der Waals surface area contributed by atoms with Gasteiger partial charge in [-0.1, -0.05) is 39.7 Å². The Hall–Kier alpha value is -0.840. The number of hydrogen-bond acceptors (Lipinski definition) is 2. The van der Waals surface area contributed by atoms with Gasteiger partial charge in [0.15, 0.2) is 0 Å². The number of aryl methyl sites for hydroxylation is 1. The molecule has 2 aromatic rings. The van der Waals surface area contributed by atoms with Gasteiger partial charge in [0, 0.05) is 11.0 Å². The van der Waals surface area contributed by atoms with E-state index in [2.05, 4.69) is 45.4 Å². The largest absolute Gasteiger partial charge is 0.311 e. The first-order valence-corrected chi connectivity index (χ1v) is 7.45. The standard InChI is InChI=1S/C14H17BrClN3/c1-3-19-14(12(16)9-18-19)13(17-2)8-10-5-4-6-11(15)7-10/h4-7,9,13,17H,3,8H2,1-2H3. The van der Waals surface area contributed by atoms with Crippen molar-refractivity contribution >= 4 is 27.5 Å². The Morgan fingerprint density at radius 3 is 2.89 bits per heavy atom. The van der Waals surface area contributed by atoms with Crippen LogP contribution < -0.4 is 5.32 Å². The van der Waals surface area contributed by atoms with Crippen LogP contribution in [0.3, 0.4) is 0 Å². The molecule has 1 heterocycles. The maximum Gasteiger partial charge on any atom is 0.0834 e. The summed E-state index contributed by atoms with van der Waals surface area (Å²) in [6, 6.07) is 8.48. The molecule has 0 spiro atoms. The number of aromatic nitrogens is 2. The van der Waals surface area contributed by atoms with E-state index in [1.807, 2.05) is 23.9 Å². The molecule has 1 aromatic carbocycles. The van der Waals surface area contributed by atoms with Crippen LogP contribution in [-0.4, -0.2) is 16.8 Å². The highest BCUT2D eigenvalue weighted by Crippen LogP contribution is 2.26. The predicted octanol–water partition coefficient (Wildman–Crippen LogP) is 3.82. The van der Waals surface area contributed by atoms with Gasteiger partial charge in [0.05, 0.1) is 23.0 Å². The van der Waals surface area contributed by atoms with Crippen LogP contribution >= 0.6 is 27.5 Å². The molecule has 2 rings (SSSR count). The lowest BCUT2D eigenvalue weighted by Crippen LogP contribution is -2.22. The third kappa shape index (κ3) is 3.38. The molecule has 0 bridgehead atoms. The minimum Gasteiger partial charge on any atom is -0.311 e. The molecule has 0 saturated heterocycles. The van der Waals surface area contributed by atoms with Gasteiger partial charge < -0.3 is 5.32 Å². The van der Waals surface area contributed by atoms with Crippen molar-refractivity contribution in [1.82, 2.24) is 15.1 Å². The first kappa shape index (κ1) is 14.6. The second-order valence-corrected chi connectivity index (χ2v) is 5.69. The van der Waals surface area contributed by atoms with Gasteiger partial charge in [-0.2, -0.15) is 5.10 Å². The van der Waals surface area contributed by atoms with Crippen LogP contribution in [0.1, 0.15) is 24.2 Å². The average Bonchev–Trinajstić information content (AvgIpc) is 2.77. The fourth-order valence-corrected chi connectivity index (χ4v) is 2.92. The van der Waals surface area contributed by atoms with Crippen molar-refractivity contribution in [2.45, 2.75) is 25.9 Å². The Kier molecular flexibility index (Phi) is 5.02. The van der Waals surface area contributed by atoms with Gasteiger partial charge in [-0.3, -0.25) is 4.68 Å². The number of nitrogens with zero attached hydrogens (tertiary/aromatic N) is 2. The van der Waals surface area contributed by atoms with Crippen LogP contribution in [-0.2, 0) is 13.0 Å². The summed E-state index contributed by atoms with van der Waals surface area (Å²) >= 11 is 9.76. The Labute approximate surface area is 127 Å². The highest BCUT2D eigenvalue weighted by atomic mass is 79.9. The normalized spacial score (nSPS) is 12.6. The van der Waals surface area contributed by atoms with E-state index < -0.39 is 0 Å². The third-order valence-electron chi connectivity index (χ3n) is 3.14. The van der Waals surface area contributed by atoms with E-state index in [0.29, 0.717) is 0 Å². The van der Waals surface area contributed by atoms with Crippen molar-refractivity contribution in [3.63, 3.8) is 0 Å². The van der Waals surface area contributed by atoms with Gasteiger partial charge >= 0.3 is 0 Å². The third-order valence-corrected chi connectivity index (χ3v) is 3.92. The van der Waals surface area contributed by atoms with Crippen molar-refractivity contribution in [3.05, 3.63) is 51.2 Å². The molecule has 0 aliphatic heterocycles. The molecule has 0 radical (unpaired) electrons. The quantitative estimate of drug-likeness (QED) is 0.895. The Bertz CT molecular complexity index is 553. The Balaban J connectivity index is 2.27. The predicted molar refractivity (Wildman–Crippen MR) is 82.6 cm³/mol. The van der Waals surface area contributed by atoms with Gasteiger partial charge in [0.1, 0.15) is 0 Å². The second kappa shape index (κ2) is 6.55. The van der Waals surface area contributed by atoms with Crippen molar-refractivity contribution in [3.8, 4) is 0 Å². The molecule has 1 aromatic heterocycles. The molecule has 0 saturated carbocycles. The Morgan fingerprint density at radius 1 is 1.47 bits per heavy atom. The SMILES string of the molecule is CCn1ncc(Cl)c1C(Cc1cccc(Br)c1)NC. The first-order chi connectivity index (χ1) is 9.15. The molecule has 19 heavy (non-hydrogen) atoms. The van der Waals surface area contributed by atoms with E-state index in [-0.39, 0.29) is 6.04 Å². The van der Waals surface area contributed by atoms with Crippen molar-refractivity contribution in [2.24, 2.45) is 0 Å². The van der Waals surface area contributed by atoms with Crippen LogP contribution in [0.2, 0.25) is 5.02 Å². The number of halogens is 2. The molecular weight excluding hydrogens is 326 g/mol. The van der Waals surface area contributed by atoms with Crippen molar-refractivity contribution in [2.75, 3.05) is 7.05 Å². The summed E-state index contributed by atoms with van der Waals surface area (Å²) in [4.78, 5) is 0. The van der Waals surface area contributed by atoms with Gasteiger partial charge in [-0.05, 0) is 38.1 Å². The molecule has 1 unspecified atom stereocenters. The minimum atomic E-state index is 0.157. The summed E-state index contributed by atoms with van der Waals surface area (Å²) in [6.45, 7) is 2.89. The number of hydrogen-bond donors (Lipinski definition) is 1. The molecule has 0 aliphatic carbocycles. The van der Waals surface area contributed by atoms with Gasteiger partial charge in [-0.15, -0.1) is 0 Å². The van der Waals surface area contributed by atoms with Gasteiger partial charge in [0.2, 0.25) is 0 Å². The van der Waals surface area contributed by atoms with E-state index in [1.165, 1.54) is 5.56 Å². The first-order valence-electron chi connectivity index (χ1n) is 6.28. The van der Waals surface area contributed by atoms with Crippen molar-refractivity contribution < 1.29 is 0 Å². The molecule has 0 aliphatic rings. The van der Waals surface area contributed by atoms with Crippen LogP contribution in [0.25, 0.3) is 0 Å². The average molecular weight is 343 g/mol. The molecule has 5 heteroatoms. The van der Waals surface area contributed by atoms with E-state index >= 15 is 0 Å². The second-order valence-electron chi connectivity index (χ2n) is 4.37. The van der Waals surface area contributed by atoms with Crippen molar-refractivity contribution in [1.29, 1.82) is 0 Å². The van der Waals surface area contributed by atoms with Gasteiger partial charge in [0.25, 0.3) is 0 Å². The molecular formula is C14H17BrClN3. The zero-order valence-electron chi connectivity index (χ0n) is 11.0. The molecule has 102 valence electrons. The smallest absolute Gasteiger partial charge is 0.0834 e. The fraction of sp³-hybridized carbons (Fsp3) is 0.357. The van der Waals surface area contributed by atoms with Crippen LogP contribution in [0.15, 0.2) is 34.9 Å². The number of rotatable bonds is 5. The zero-order valence-corrected chi connectivity index (χ0v) is 13.4. The number of likely N-dealkylation sites (N-methyl/N-ethyl adjacent to an activating group) is 1. The van der Waals surface area contributed by atoms with E-state index in [0.717, 1.165) is 28.2 Å². The summed E-state index contributed by atoms with van der Waals surface area (Å²) in [5.41, 5.74) is 2.31. The maximum absolute atomic E-state index is 6.26. The van der Waals surface area contributed by atoms with Gasteiger partial charge in [-0.25, -0.2) is 0 Å². The maximum atomic E-state index is 6.26. The van der Waals surface area contributed by atoms with E-state index in [9.17, 15) is 0 Å². The van der Waals surface area contributed by atoms with E-state index in [4.69, 9.17) is 11.6 Å². The molecule has 1 atom stereocenters. The zero-order chi connectivity index (χ0) is 13.8. The van der Waals surface area contributed by atoms with Crippen LogP contribution in [0.4, 0.5) is 0 Å². The lowest BCUT2D eigenvalue weighted by molar-refractivity contribution is 0.513. The van der Waals surface area contributed by atoms with Crippen LogP contribution in [0, 0.1) is 0 Å². The summed E-state index contributed by atoms with van der Waals surface area (Å²) in [7, 11) is 1.95. The van der Waals surface area contributed by atoms with Crippen LogP contribution in [0.5, 0.6) is 0 Å².